The zero-order chi connectivity index (χ0) is 21.8. The number of thiazole rings is 1. The van der Waals surface area contributed by atoms with Crippen molar-refractivity contribution in [3.05, 3.63) is 23.8 Å². The summed E-state index contributed by atoms with van der Waals surface area (Å²) in [5.74, 6) is 1.07. The van der Waals surface area contributed by atoms with E-state index in [4.69, 9.17) is 0 Å². The molecule has 0 atom stereocenters. The summed E-state index contributed by atoms with van der Waals surface area (Å²) in [6, 6.07) is 5.66. The molecule has 0 unspecified atom stereocenters. The number of rotatable bonds is 6. The molecule has 1 saturated carbocycles. The minimum absolute atomic E-state index is 0.0776. The summed E-state index contributed by atoms with van der Waals surface area (Å²) in [6.45, 7) is 5.58. The van der Waals surface area contributed by atoms with Crippen LogP contribution in [0.1, 0.15) is 62.2 Å². The van der Waals surface area contributed by atoms with Crippen LogP contribution in [0, 0.1) is 11.8 Å². The molecular weight excluding hydrogens is 408 g/mol. The molecule has 1 aromatic carbocycles. The molecule has 31 heavy (non-hydrogen) atoms. The lowest BCUT2D eigenvalue weighted by Crippen LogP contribution is -2.47. The summed E-state index contributed by atoms with van der Waals surface area (Å²) in [5, 5.41) is 3.68. The first-order chi connectivity index (χ1) is 15.0. The largest absolute Gasteiger partial charge is 0.336 e. The van der Waals surface area contributed by atoms with Gasteiger partial charge >= 0.3 is 0 Å². The van der Waals surface area contributed by atoms with E-state index in [1.807, 2.05) is 23.1 Å². The number of carbonyl (C=O) groups is 2. The van der Waals surface area contributed by atoms with Gasteiger partial charge in [-0.05, 0) is 56.8 Å². The van der Waals surface area contributed by atoms with Crippen LogP contribution in [-0.4, -0.2) is 59.8 Å². The van der Waals surface area contributed by atoms with Gasteiger partial charge in [-0.1, -0.05) is 37.5 Å². The van der Waals surface area contributed by atoms with E-state index < -0.39 is 0 Å². The van der Waals surface area contributed by atoms with Gasteiger partial charge in [0.1, 0.15) is 0 Å². The van der Waals surface area contributed by atoms with E-state index in [0.717, 1.165) is 68.0 Å². The molecule has 2 heterocycles. The first-order valence-electron chi connectivity index (χ1n) is 11.7. The highest BCUT2D eigenvalue weighted by atomic mass is 32.1. The fraction of sp³-hybridized carbons (Fsp3) is 0.625. The maximum Gasteiger partial charge on any atom is 0.253 e. The van der Waals surface area contributed by atoms with Gasteiger partial charge in [-0.3, -0.25) is 9.59 Å². The van der Waals surface area contributed by atoms with Crippen LogP contribution in [0.15, 0.2) is 18.2 Å². The molecule has 1 aromatic heterocycles. The maximum absolute atomic E-state index is 12.9. The third kappa shape index (κ3) is 5.44. The number of benzene rings is 1. The smallest absolute Gasteiger partial charge is 0.253 e. The van der Waals surface area contributed by atoms with Gasteiger partial charge < -0.3 is 15.1 Å². The number of anilines is 1. The van der Waals surface area contributed by atoms with Crippen molar-refractivity contribution in [3.63, 3.8) is 0 Å². The first kappa shape index (κ1) is 22.2. The van der Waals surface area contributed by atoms with Gasteiger partial charge in [0.2, 0.25) is 5.91 Å². The van der Waals surface area contributed by atoms with Crippen molar-refractivity contribution in [2.24, 2.45) is 11.8 Å². The Balaban J connectivity index is 1.36. The van der Waals surface area contributed by atoms with E-state index in [1.165, 1.54) is 30.6 Å². The molecule has 2 aromatic rings. The maximum atomic E-state index is 12.9. The predicted molar refractivity (Wildman–Crippen MR) is 127 cm³/mol. The number of amides is 2. The van der Waals surface area contributed by atoms with Gasteiger partial charge in [0, 0.05) is 37.7 Å². The van der Waals surface area contributed by atoms with E-state index in [0.29, 0.717) is 10.7 Å². The van der Waals surface area contributed by atoms with Crippen LogP contribution in [0.25, 0.3) is 10.2 Å². The molecule has 4 rings (SSSR count). The standard InChI is InChI=1S/C24H34N4O2S/c1-3-4-5-17-6-8-18(9-7-17)22(29)26-24-25-20-11-10-19(16-21(20)31-24)23(30)28-14-12-27(2)13-15-28/h10-11,16-18H,3-9,12-15H2,1-2H3,(H,25,26,29). The average molecular weight is 443 g/mol. The molecule has 0 bridgehead atoms. The molecule has 0 spiro atoms. The normalized spacial score (nSPS) is 22.6. The van der Waals surface area contributed by atoms with E-state index in [-0.39, 0.29) is 17.7 Å². The number of unbranched alkanes of at least 4 members (excludes halogenated alkanes) is 1. The van der Waals surface area contributed by atoms with E-state index in [1.54, 1.807) is 0 Å². The molecule has 1 aliphatic heterocycles. The van der Waals surface area contributed by atoms with Gasteiger partial charge in [0.25, 0.3) is 5.91 Å². The molecular formula is C24H34N4O2S. The Kier molecular flexibility index (Phi) is 7.23. The Morgan fingerprint density at radius 3 is 2.58 bits per heavy atom. The molecule has 1 saturated heterocycles. The van der Waals surface area contributed by atoms with Gasteiger partial charge in [-0.15, -0.1) is 0 Å². The Bertz CT molecular complexity index is 911. The van der Waals surface area contributed by atoms with Gasteiger partial charge in [-0.25, -0.2) is 4.98 Å². The molecule has 1 aliphatic carbocycles. The van der Waals surface area contributed by atoms with Gasteiger partial charge in [0.05, 0.1) is 10.2 Å². The number of likely N-dealkylation sites (N-methyl/N-ethyl adjacent to an activating group) is 1. The molecule has 2 aliphatic rings. The number of hydrogen-bond acceptors (Lipinski definition) is 5. The highest BCUT2D eigenvalue weighted by Crippen LogP contribution is 2.33. The van der Waals surface area contributed by atoms with E-state index in [9.17, 15) is 9.59 Å². The minimum Gasteiger partial charge on any atom is -0.336 e. The average Bonchev–Trinajstić information content (AvgIpc) is 3.19. The van der Waals surface area contributed by atoms with E-state index in [2.05, 4.69) is 29.2 Å². The summed E-state index contributed by atoms with van der Waals surface area (Å²) < 4.78 is 0.943. The minimum atomic E-state index is 0.0776. The second kappa shape index (κ2) is 10.1. The van der Waals surface area contributed by atoms with Gasteiger partial charge in [-0.2, -0.15) is 0 Å². The zero-order valence-corrected chi connectivity index (χ0v) is 19.5. The molecule has 7 heteroatoms. The lowest BCUT2D eigenvalue weighted by molar-refractivity contribution is -0.121. The second-order valence-corrected chi connectivity index (χ2v) is 10.2. The summed E-state index contributed by atoms with van der Waals surface area (Å²) in [6.07, 6.45) is 8.14. The molecule has 1 N–H and O–H groups in total. The third-order valence-electron chi connectivity index (χ3n) is 6.84. The molecule has 6 nitrogen and oxygen atoms in total. The first-order valence-corrected chi connectivity index (χ1v) is 12.5. The number of fused-ring (bicyclic) bond motifs is 1. The summed E-state index contributed by atoms with van der Waals surface area (Å²) in [5.41, 5.74) is 1.53. The van der Waals surface area contributed by atoms with Crippen molar-refractivity contribution in [1.29, 1.82) is 0 Å². The molecule has 168 valence electrons. The quantitative estimate of drug-likeness (QED) is 0.709. The Labute approximate surface area is 189 Å². The Hall–Kier alpha value is -1.99. The van der Waals surface area contributed by atoms with Crippen molar-refractivity contribution in [2.75, 3.05) is 38.5 Å². The predicted octanol–water partition coefficient (Wildman–Crippen LogP) is 4.62. The number of nitrogens with one attached hydrogen (secondary N) is 1. The van der Waals surface area contributed by atoms with Crippen LogP contribution >= 0.6 is 11.3 Å². The number of aromatic nitrogens is 1. The van der Waals surface area contributed by atoms with Crippen LogP contribution in [0.3, 0.4) is 0 Å². The highest BCUT2D eigenvalue weighted by molar-refractivity contribution is 7.22. The molecule has 2 amide bonds. The fourth-order valence-corrected chi connectivity index (χ4v) is 5.62. The van der Waals surface area contributed by atoms with Crippen molar-refractivity contribution in [1.82, 2.24) is 14.8 Å². The topological polar surface area (TPSA) is 65.5 Å². The molecule has 0 radical (unpaired) electrons. The van der Waals surface area contributed by atoms with Crippen molar-refractivity contribution in [3.8, 4) is 0 Å². The SMILES string of the molecule is CCCCC1CCC(C(=O)Nc2nc3ccc(C(=O)N4CCN(C)CC4)cc3s2)CC1. The number of piperazine rings is 1. The van der Waals surface area contributed by atoms with Crippen molar-refractivity contribution in [2.45, 2.75) is 51.9 Å². The van der Waals surface area contributed by atoms with Crippen LogP contribution in [0.4, 0.5) is 5.13 Å². The monoisotopic (exact) mass is 442 g/mol. The summed E-state index contributed by atoms with van der Waals surface area (Å²) in [4.78, 5) is 34.4. The van der Waals surface area contributed by atoms with Crippen LogP contribution in [0.2, 0.25) is 0 Å². The lowest BCUT2D eigenvalue weighted by Gasteiger charge is -2.32. The second-order valence-electron chi connectivity index (χ2n) is 9.15. The van der Waals surface area contributed by atoms with Crippen LogP contribution in [0.5, 0.6) is 0 Å². The zero-order valence-electron chi connectivity index (χ0n) is 18.7. The highest BCUT2D eigenvalue weighted by Gasteiger charge is 2.27. The fourth-order valence-electron chi connectivity index (χ4n) is 4.72. The summed E-state index contributed by atoms with van der Waals surface area (Å²) in [7, 11) is 2.08. The van der Waals surface area contributed by atoms with Crippen LogP contribution in [-0.2, 0) is 4.79 Å². The third-order valence-corrected chi connectivity index (χ3v) is 7.77. The lowest BCUT2D eigenvalue weighted by atomic mass is 9.79. The Morgan fingerprint density at radius 2 is 1.87 bits per heavy atom. The van der Waals surface area contributed by atoms with Gasteiger partial charge in [0.15, 0.2) is 5.13 Å². The number of nitrogens with zero attached hydrogens (tertiary/aromatic N) is 3. The number of hydrogen-bond donors (Lipinski definition) is 1. The van der Waals surface area contributed by atoms with Crippen molar-refractivity contribution >= 4 is 38.5 Å². The Morgan fingerprint density at radius 1 is 1.13 bits per heavy atom. The van der Waals surface area contributed by atoms with Crippen molar-refractivity contribution < 1.29 is 9.59 Å². The molecule has 2 fully saturated rings. The number of carbonyl (C=O) groups excluding carboxylic acids is 2. The summed E-state index contributed by atoms with van der Waals surface area (Å²) >= 11 is 1.46. The van der Waals surface area contributed by atoms with Crippen LogP contribution < -0.4 is 5.32 Å². The van der Waals surface area contributed by atoms with E-state index >= 15 is 0 Å².